The highest BCUT2D eigenvalue weighted by Crippen LogP contribution is 2.17. The van der Waals surface area contributed by atoms with Crippen LogP contribution >= 0.6 is 0 Å². The number of nitrogens with two attached hydrogens (primary N) is 1. The quantitative estimate of drug-likeness (QED) is 0.788. The summed E-state index contributed by atoms with van der Waals surface area (Å²) in [4.78, 5) is 14.4. The zero-order chi connectivity index (χ0) is 15.2. The standard InChI is InChI=1S/C17H27N3O/c1-13(2)20-10-9-15(12-20)11-19-17(21)8-5-14-3-6-16(18)7-4-14/h3-4,6-7,13,15H,5,8-12,18H2,1-2H3,(H,19,21). The third kappa shape index (κ3) is 5.05. The van der Waals surface area contributed by atoms with Crippen molar-refractivity contribution in [2.24, 2.45) is 5.92 Å². The molecule has 1 unspecified atom stereocenters. The van der Waals surface area contributed by atoms with Gasteiger partial charge in [0.2, 0.25) is 5.91 Å². The Labute approximate surface area is 127 Å². The Hall–Kier alpha value is -1.55. The summed E-state index contributed by atoms with van der Waals surface area (Å²) >= 11 is 0. The first kappa shape index (κ1) is 15.8. The maximum Gasteiger partial charge on any atom is 0.220 e. The second-order valence-electron chi connectivity index (χ2n) is 6.29. The average molecular weight is 289 g/mol. The lowest BCUT2D eigenvalue weighted by atomic mass is 10.1. The molecule has 1 aromatic carbocycles. The minimum absolute atomic E-state index is 0.148. The van der Waals surface area contributed by atoms with Crippen molar-refractivity contribution in [2.45, 2.75) is 39.2 Å². The Bertz CT molecular complexity index is 456. The van der Waals surface area contributed by atoms with E-state index >= 15 is 0 Å². The monoisotopic (exact) mass is 289 g/mol. The van der Waals surface area contributed by atoms with E-state index in [0.29, 0.717) is 18.4 Å². The number of nitrogens with zero attached hydrogens (tertiary/aromatic N) is 1. The number of nitrogens with one attached hydrogen (secondary N) is 1. The molecule has 3 N–H and O–H groups in total. The van der Waals surface area contributed by atoms with Gasteiger partial charge in [-0.25, -0.2) is 0 Å². The van der Waals surface area contributed by atoms with Crippen LogP contribution in [0.25, 0.3) is 0 Å². The summed E-state index contributed by atoms with van der Waals surface area (Å²) in [7, 11) is 0. The zero-order valence-corrected chi connectivity index (χ0v) is 13.1. The number of aryl methyl sites for hydroxylation is 1. The fraction of sp³-hybridized carbons (Fsp3) is 0.588. The van der Waals surface area contributed by atoms with E-state index in [4.69, 9.17) is 5.73 Å². The van der Waals surface area contributed by atoms with Gasteiger partial charge < -0.3 is 16.0 Å². The summed E-state index contributed by atoms with van der Waals surface area (Å²) in [6, 6.07) is 8.34. The van der Waals surface area contributed by atoms with Crippen molar-refractivity contribution in [3.05, 3.63) is 29.8 Å². The van der Waals surface area contributed by atoms with Crippen LogP contribution in [-0.4, -0.2) is 36.5 Å². The van der Waals surface area contributed by atoms with E-state index in [0.717, 1.165) is 37.3 Å². The highest BCUT2D eigenvalue weighted by Gasteiger charge is 2.24. The van der Waals surface area contributed by atoms with Crippen LogP contribution in [0.2, 0.25) is 0 Å². The first-order chi connectivity index (χ1) is 10.0. The van der Waals surface area contributed by atoms with Crippen molar-refractivity contribution < 1.29 is 4.79 Å². The summed E-state index contributed by atoms with van der Waals surface area (Å²) in [6.07, 6.45) is 2.51. The Kier molecular flexibility index (Phi) is 5.62. The lowest BCUT2D eigenvalue weighted by Crippen LogP contribution is -2.33. The average Bonchev–Trinajstić information content (AvgIpc) is 2.93. The summed E-state index contributed by atoms with van der Waals surface area (Å²) in [5.74, 6) is 0.752. The van der Waals surface area contributed by atoms with Gasteiger partial charge in [-0.1, -0.05) is 12.1 Å². The van der Waals surface area contributed by atoms with Crippen LogP contribution in [0.4, 0.5) is 5.69 Å². The Morgan fingerprint density at radius 2 is 2.10 bits per heavy atom. The molecule has 0 bridgehead atoms. The van der Waals surface area contributed by atoms with Crippen molar-refractivity contribution in [2.75, 3.05) is 25.4 Å². The number of amides is 1. The van der Waals surface area contributed by atoms with Gasteiger partial charge in [-0.3, -0.25) is 4.79 Å². The first-order valence-corrected chi connectivity index (χ1v) is 7.89. The normalized spacial score (nSPS) is 19.1. The van der Waals surface area contributed by atoms with Gasteiger partial charge in [-0.15, -0.1) is 0 Å². The third-order valence-electron chi connectivity index (χ3n) is 4.26. The molecular weight excluding hydrogens is 262 g/mol. The Morgan fingerprint density at radius 1 is 1.38 bits per heavy atom. The fourth-order valence-corrected chi connectivity index (χ4v) is 2.79. The topological polar surface area (TPSA) is 58.4 Å². The van der Waals surface area contributed by atoms with Gasteiger partial charge in [-0.2, -0.15) is 0 Å². The van der Waals surface area contributed by atoms with Gasteiger partial charge in [0.15, 0.2) is 0 Å². The molecule has 0 saturated carbocycles. The lowest BCUT2D eigenvalue weighted by molar-refractivity contribution is -0.121. The van der Waals surface area contributed by atoms with E-state index < -0.39 is 0 Å². The zero-order valence-electron chi connectivity index (χ0n) is 13.1. The highest BCUT2D eigenvalue weighted by molar-refractivity contribution is 5.76. The maximum atomic E-state index is 11.9. The number of hydrogen-bond donors (Lipinski definition) is 2. The van der Waals surface area contributed by atoms with Crippen molar-refractivity contribution in [3.63, 3.8) is 0 Å². The van der Waals surface area contributed by atoms with Crippen molar-refractivity contribution in [3.8, 4) is 0 Å². The third-order valence-corrected chi connectivity index (χ3v) is 4.26. The summed E-state index contributed by atoms with van der Waals surface area (Å²) in [5.41, 5.74) is 7.57. The number of nitrogen functional groups attached to an aromatic ring is 1. The predicted octanol–water partition coefficient (Wildman–Crippen LogP) is 2.05. The molecular formula is C17H27N3O. The van der Waals surface area contributed by atoms with Crippen molar-refractivity contribution in [1.82, 2.24) is 10.2 Å². The molecule has 0 radical (unpaired) electrons. The van der Waals surface area contributed by atoms with Gasteiger partial charge in [0.25, 0.3) is 0 Å². The molecule has 1 saturated heterocycles. The number of anilines is 1. The van der Waals surface area contributed by atoms with Gasteiger partial charge in [0.05, 0.1) is 0 Å². The van der Waals surface area contributed by atoms with Crippen LogP contribution in [0.5, 0.6) is 0 Å². The molecule has 0 spiro atoms. The van der Waals surface area contributed by atoms with Gasteiger partial charge in [-0.05, 0) is 56.8 Å². The van der Waals surface area contributed by atoms with Crippen LogP contribution < -0.4 is 11.1 Å². The first-order valence-electron chi connectivity index (χ1n) is 7.89. The van der Waals surface area contributed by atoms with E-state index in [1.165, 1.54) is 6.42 Å². The van der Waals surface area contributed by atoms with Crippen LogP contribution in [0, 0.1) is 5.92 Å². The van der Waals surface area contributed by atoms with Crippen LogP contribution in [0.3, 0.4) is 0 Å². The number of benzene rings is 1. The molecule has 1 aliphatic heterocycles. The molecule has 1 fully saturated rings. The van der Waals surface area contributed by atoms with E-state index in [1.807, 2.05) is 24.3 Å². The second kappa shape index (κ2) is 7.46. The number of carbonyl (C=O) groups excluding carboxylic acids is 1. The molecule has 4 nitrogen and oxygen atoms in total. The summed E-state index contributed by atoms with van der Waals surface area (Å²) < 4.78 is 0. The molecule has 4 heteroatoms. The number of likely N-dealkylation sites (tertiary alicyclic amines) is 1. The number of carbonyl (C=O) groups is 1. The minimum atomic E-state index is 0.148. The van der Waals surface area contributed by atoms with E-state index in [9.17, 15) is 4.79 Å². The Morgan fingerprint density at radius 3 is 2.71 bits per heavy atom. The van der Waals surface area contributed by atoms with Crippen LogP contribution in [0.1, 0.15) is 32.3 Å². The van der Waals surface area contributed by atoms with Gasteiger partial charge >= 0.3 is 0 Å². The molecule has 116 valence electrons. The van der Waals surface area contributed by atoms with Crippen LogP contribution in [0.15, 0.2) is 24.3 Å². The number of hydrogen-bond acceptors (Lipinski definition) is 3. The van der Waals surface area contributed by atoms with Crippen molar-refractivity contribution >= 4 is 11.6 Å². The number of rotatable bonds is 6. The van der Waals surface area contributed by atoms with E-state index in [2.05, 4.69) is 24.1 Å². The molecule has 1 amide bonds. The lowest BCUT2D eigenvalue weighted by Gasteiger charge is -2.20. The Balaban J connectivity index is 1.65. The van der Waals surface area contributed by atoms with E-state index in [-0.39, 0.29) is 5.91 Å². The molecule has 1 atom stereocenters. The van der Waals surface area contributed by atoms with E-state index in [1.54, 1.807) is 0 Å². The highest BCUT2D eigenvalue weighted by atomic mass is 16.1. The molecule has 1 heterocycles. The minimum Gasteiger partial charge on any atom is -0.399 e. The molecule has 2 rings (SSSR count). The van der Waals surface area contributed by atoms with Crippen molar-refractivity contribution in [1.29, 1.82) is 0 Å². The smallest absolute Gasteiger partial charge is 0.220 e. The molecule has 0 aliphatic carbocycles. The summed E-state index contributed by atoms with van der Waals surface area (Å²) in [6.45, 7) is 7.53. The second-order valence-corrected chi connectivity index (χ2v) is 6.29. The molecule has 21 heavy (non-hydrogen) atoms. The molecule has 1 aliphatic rings. The predicted molar refractivity (Wildman–Crippen MR) is 87.0 cm³/mol. The summed E-state index contributed by atoms with van der Waals surface area (Å²) in [5, 5.41) is 3.08. The molecule has 0 aromatic heterocycles. The maximum absolute atomic E-state index is 11.9. The SMILES string of the molecule is CC(C)N1CCC(CNC(=O)CCc2ccc(N)cc2)C1. The fourth-order valence-electron chi connectivity index (χ4n) is 2.79. The van der Waals surface area contributed by atoms with Gasteiger partial charge in [0.1, 0.15) is 0 Å². The molecule has 1 aromatic rings. The van der Waals surface area contributed by atoms with Crippen LogP contribution in [-0.2, 0) is 11.2 Å². The van der Waals surface area contributed by atoms with Gasteiger partial charge in [0, 0.05) is 31.2 Å². The largest absolute Gasteiger partial charge is 0.399 e.